The van der Waals surface area contributed by atoms with Crippen LogP contribution in [0.1, 0.15) is 43.2 Å². The van der Waals surface area contributed by atoms with Crippen molar-refractivity contribution >= 4 is 17.5 Å². The van der Waals surface area contributed by atoms with Gasteiger partial charge in [0, 0.05) is 25.3 Å². The Morgan fingerprint density at radius 2 is 2.00 bits per heavy atom. The summed E-state index contributed by atoms with van der Waals surface area (Å²) >= 11 is 0. The van der Waals surface area contributed by atoms with E-state index in [1.54, 1.807) is 0 Å². The Morgan fingerprint density at radius 3 is 2.68 bits per heavy atom. The zero-order chi connectivity index (χ0) is 15.5. The van der Waals surface area contributed by atoms with Crippen LogP contribution in [0.2, 0.25) is 0 Å². The van der Waals surface area contributed by atoms with E-state index in [9.17, 15) is 9.59 Å². The van der Waals surface area contributed by atoms with Crippen molar-refractivity contribution in [3.8, 4) is 0 Å². The zero-order valence-electron chi connectivity index (χ0n) is 12.8. The summed E-state index contributed by atoms with van der Waals surface area (Å²) in [4.78, 5) is 23.7. The minimum atomic E-state index is -0.00455. The van der Waals surface area contributed by atoms with E-state index in [1.165, 1.54) is 10.6 Å². The van der Waals surface area contributed by atoms with Gasteiger partial charge in [-0.25, -0.2) is 5.01 Å². The van der Waals surface area contributed by atoms with Gasteiger partial charge in [0.2, 0.25) is 11.8 Å². The maximum absolute atomic E-state index is 12.0. The van der Waals surface area contributed by atoms with Gasteiger partial charge in [-0.15, -0.1) is 0 Å². The minimum absolute atomic E-state index is 0.00455. The average Bonchev–Trinajstić information content (AvgIpc) is 3.31. The lowest BCUT2D eigenvalue weighted by atomic mass is 10.0. The van der Waals surface area contributed by atoms with E-state index in [0.717, 1.165) is 24.1 Å². The molecule has 1 N–H and O–H groups in total. The lowest BCUT2D eigenvalue weighted by Crippen LogP contribution is -2.35. The molecule has 1 aliphatic heterocycles. The Bertz CT molecular complexity index is 603. The predicted octanol–water partition coefficient (Wildman–Crippen LogP) is 1.99. The van der Waals surface area contributed by atoms with Crippen molar-refractivity contribution in [3.63, 3.8) is 0 Å². The maximum atomic E-state index is 12.0. The number of carbonyl (C=O) groups excluding carboxylic acids is 2. The standard InChI is InChI=1S/C17H21N3O2/c1-12-2-4-13(5-3-12)15-8-9-17(22)20(19-15)11-10-16(21)18-14-6-7-14/h2-5,14H,6-11H2,1H3,(H,18,21). The highest BCUT2D eigenvalue weighted by Gasteiger charge is 2.25. The summed E-state index contributed by atoms with van der Waals surface area (Å²) in [7, 11) is 0. The van der Waals surface area contributed by atoms with Crippen LogP contribution in [0.3, 0.4) is 0 Å². The van der Waals surface area contributed by atoms with Crippen molar-refractivity contribution < 1.29 is 9.59 Å². The van der Waals surface area contributed by atoms with Crippen LogP contribution in [-0.4, -0.2) is 35.1 Å². The molecule has 0 bridgehead atoms. The Balaban J connectivity index is 1.63. The van der Waals surface area contributed by atoms with Crippen LogP contribution in [0.5, 0.6) is 0 Å². The van der Waals surface area contributed by atoms with Crippen molar-refractivity contribution in [3.05, 3.63) is 35.4 Å². The van der Waals surface area contributed by atoms with Crippen LogP contribution >= 0.6 is 0 Å². The van der Waals surface area contributed by atoms with Gasteiger partial charge in [0.15, 0.2) is 0 Å². The number of nitrogens with one attached hydrogen (secondary N) is 1. The Labute approximate surface area is 130 Å². The molecule has 5 nitrogen and oxygen atoms in total. The molecule has 5 heteroatoms. The van der Waals surface area contributed by atoms with Crippen molar-refractivity contribution in [2.45, 2.75) is 45.1 Å². The average molecular weight is 299 g/mol. The van der Waals surface area contributed by atoms with Gasteiger partial charge in [0.25, 0.3) is 0 Å². The fraction of sp³-hybridized carbons (Fsp3) is 0.471. The molecule has 116 valence electrons. The van der Waals surface area contributed by atoms with Crippen LogP contribution in [0.15, 0.2) is 29.4 Å². The molecular formula is C17H21N3O2. The molecule has 0 atom stereocenters. The SMILES string of the molecule is Cc1ccc(C2=NN(CCC(=O)NC3CC3)C(=O)CC2)cc1. The summed E-state index contributed by atoms with van der Waals surface area (Å²) in [6, 6.07) is 8.50. The number of hydrogen-bond acceptors (Lipinski definition) is 3. The lowest BCUT2D eigenvalue weighted by molar-refractivity contribution is -0.132. The molecule has 0 unspecified atom stereocenters. The van der Waals surface area contributed by atoms with Gasteiger partial charge in [-0.2, -0.15) is 5.10 Å². The largest absolute Gasteiger partial charge is 0.353 e. The number of hydrazone groups is 1. The van der Waals surface area contributed by atoms with Gasteiger partial charge >= 0.3 is 0 Å². The summed E-state index contributed by atoms with van der Waals surface area (Å²) in [5, 5.41) is 8.83. The van der Waals surface area contributed by atoms with Crippen LogP contribution in [-0.2, 0) is 9.59 Å². The number of carbonyl (C=O) groups is 2. The highest BCUT2D eigenvalue weighted by atomic mass is 16.2. The number of hydrogen-bond donors (Lipinski definition) is 1. The molecule has 0 aromatic heterocycles. The van der Waals surface area contributed by atoms with Crippen molar-refractivity contribution in [2.75, 3.05) is 6.54 Å². The fourth-order valence-electron chi connectivity index (χ4n) is 2.46. The molecule has 1 aromatic carbocycles. The number of aryl methyl sites for hydroxylation is 1. The van der Waals surface area contributed by atoms with Crippen molar-refractivity contribution in [1.82, 2.24) is 10.3 Å². The van der Waals surface area contributed by atoms with E-state index in [2.05, 4.69) is 10.4 Å². The zero-order valence-corrected chi connectivity index (χ0v) is 12.8. The molecule has 1 aromatic rings. The minimum Gasteiger partial charge on any atom is -0.353 e. The number of nitrogens with zero attached hydrogens (tertiary/aromatic N) is 2. The molecule has 2 amide bonds. The summed E-state index contributed by atoms with van der Waals surface area (Å²) < 4.78 is 0. The second-order valence-corrected chi connectivity index (χ2v) is 6.02. The smallest absolute Gasteiger partial charge is 0.243 e. The Kier molecular flexibility index (Phi) is 4.22. The van der Waals surface area contributed by atoms with Gasteiger partial charge in [-0.1, -0.05) is 29.8 Å². The molecule has 0 saturated heterocycles. The first kappa shape index (κ1) is 14.8. The van der Waals surface area contributed by atoms with Crippen LogP contribution < -0.4 is 5.32 Å². The van der Waals surface area contributed by atoms with E-state index in [1.807, 2.05) is 31.2 Å². The van der Waals surface area contributed by atoms with E-state index in [0.29, 0.717) is 31.8 Å². The van der Waals surface area contributed by atoms with Crippen molar-refractivity contribution in [1.29, 1.82) is 0 Å². The molecule has 0 spiro atoms. The first-order valence-electron chi connectivity index (χ1n) is 7.86. The van der Waals surface area contributed by atoms with Crippen LogP contribution in [0.4, 0.5) is 0 Å². The van der Waals surface area contributed by atoms with E-state index in [4.69, 9.17) is 0 Å². The monoisotopic (exact) mass is 299 g/mol. The first-order chi connectivity index (χ1) is 10.6. The third-order valence-electron chi connectivity index (χ3n) is 3.98. The number of rotatable bonds is 5. The van der Waals surface area contributed by atoms with E-state index in [-0.39, 0.29) is 11.8 Å². The van der Waals surface area contributed by atoms with Crippen LogP contribution in [0.25, 0.3) is 0 Å². The van der Waals surface area contributed by atoms with E-state index < -0.39 is 0 Å². The summed E-state index contributed by atoms with van der Waals surface area (Å²) in [5.41, 5.74) is 3.16. The molecule has 1 saturated carbocycles. The van der Waals surface area contributed by atoms with Crippen molar-refractivity contribution in [2.24, 2.45) is 5.10 Å². The number of amides is 2. The second kappa shape index (κ2) is 6.30. The first-order valence-corrected chi connectivity index (χ1v) is 7.86. The van der Waals surface area contributed by atoms with E-state index >= 15 is 0 Å². The highest BCUT2D eigenvalue weighted by molar-refractivity contribution is 6.04. The lowest BCUT2D eigenvalue weighted by Gasteiger charge is -2.23. The van der Waals surface area contributed by atoms with Crippen LogP contribution in [0, 0.1) is 6.92 Å². The molecule has 1 aliphatic carbocycles. The fourth-order valence-corrected chi connectivity index (χ4v) is 2.46. The molecule has 1 fully saturated rings. The topological polar surface area (TPSA) is 61.8 Å². The molecule has 0 radical (unpaired) electrons. The quantitative estimate of drug-likeness (QED) is 0.904. The predicted molar refractivity (Wildman–Crippen MR) is 84.4 cm³/mol. The molecule has 1 heterocycles. The molecular weight excluding hydrogens is 278 g/mol. The molecule has 22 heavy (non-hydrogen) atoms. The van der Waals surface area contributed by atoms with Gasteiger partial charge < -0.3 is 5.32 Å². The normalized spacial score (nSPS) is 18.1. The summed E-state index contributed by atoms with van der Waals surface area (Å²) in [5.74, 6) is 0.00282. The second-order valence-electron chi connectivity index (χ2n) is 6.02. The molecule has 2 aliphatic rings. The molecule has 3 rings (SSSR count). The van der Waals surface area contributed by atoms with Gasteiger partial charge in [0.05, 0.1) is 12.3 Å². The Hall–Kier alpha value is -2.17. The highest BCUT2D eigenvalue weighted by Crippen LogP contribution is 2.19. The van der Waals surface area contributed by atoms with Gasteiger partial charge in [0.1, 0.15) is 0 Å². The van der Waals surface area contributed by atoms with Gasteiger partial charge in [-0.05, 0) is 25.3 Å². The Morgan fingerprint density at radius 1 is 1.27 bits per heavy atom. The third-order valence-corrected chi connectivity index (χ3v) is 3.98. The number of benzene rings is 1. The summed E-state index contributed by atoms with van der Waals surface area (Å²) in [6.45, 7) is 2.40. The van der Waals surface area contributed by atoms with Gasteiger partial charge in [-0.3, -0.25) is 9.59 Å². The summed E-state index contributed by atoms with van der Waals surface area (Å²) in [6.07, 6.45) is 3.57. The third kappa shape index (κ3) is 3.72. The maximum Gasteiger partial charge on any atom is 0.243 e.